The molecule has 1 aliphatic heterocycles. The number of hydrogen-bond donors (Lipinski definition) is 1. The number of nitrogens with zero attached hydrogens (tertiary/aromatic N) is 4. The maximum atomic E-state index is 12.3. The lowest BCUT2D eigenvalue weighted by Gasteiger charge is -2.17. The zero-order valence-electron chi connectivity index (χ0n) is 14.3. The highest BCUT2D eigenvalue weighted by Crippen LogP contribution is 2.20. The lowest BCUT2D eigenvalue weighted by atomic mass is 10.3. The van der Waals surface area contributed by atoms with Crippen molar-refractivity contribution in [3.8, 4) is 0 Å². The minimum atomic E-state index is -0.109. The zero-order valence-corrected chi connectivity index (χ0v) is 14.3. The fraction of sp³-hybridized carbons (Fsp3) is 0.316. The van der Waals surface area contributed by atoms with Gasteiger partial charge in [-0.3, -0.25) is 4.79 Å². The summed E-state index contributed by atoms with van der Waals surface area (Å²) in [5.74, 6) is 0.468. The van der Waals surface area contributed by atoms with Crippen LogP contribution in [-0.2, 0) is 11.2 Å². The van der Waals surface area contributed by atoms with Crippen molar-refractivity contribution in [2.45, 2.75) is 26.2 Å². The van der Waals surface area contributed by atoms with Gasteiger partial charge in [-0.05, 0) is 43.5 Å². The maximum absolute atomic E-state index is 12.3. The minimum Gasteiger partial charge on any atom is -0.370 e. The molecule has 3 aromatic heterocycles. The van der Waals surface area contributed by atoms with Crippen molar-refractivity contribution < 1.29 is 4.79 Å². The number of hydrogen-bond acceptors (Lipinski definition) is 4. The van der Waals surface area contributed by atoms with Crippen LogP contribution in [0.5, 0.6) is 0 Å². The summed E-state index contributed by atoms with van der Waals surface area (Å²) in [5.41, 5.74) is 3.85. The molecule has 6 heteroatoms. The largest absolute Gasteiger partial charge is 0.370 e. The molecule has 0 spiro atoms. The van der Waals surface area contributed by atoms with Crippen LogP contribution < -0.4 is 10.2 Å². The van der Waals surface area contributed by atoms with Crippen LogP contribution in [0, 0.1) is 6.92 Å². The molecular formula is C19H21N5O. The number of amides is 1. The van der Waals surface area contributed by atoms with E-state index in [1.165, 1.54) is 12.8 Å². The van der Waals surface area contributed by atoms with E-state index in [0.717, 1.165) is 35.7 Å². The Labute approximate surface area is 146 Å². The molecule has 128 valence electrons. The summed E-state index contributed by atoms with van der Waals surface area (Å²) in [6, 6.07) is 7.86. The molecule has 1 amide bonds. The molecule has 1 aliphatic rings. The molecule has 6 nitrogen and oxygen atoms in total. The Bertz CT molecular complexity index is 894. The standard InChI is InChI=1S/C19H21N5O/c1-14-5-4-10-24-13-15(21-19(14)24)11-18(25)22-17-7-6-16(12-20-17)23-8-2-3-9-23/h4-7,10,12-13H,2-3,8-9,11H2,1H3,(H,20,22,25). The van der Waals surface area contributed by atoms with Gasteiger partial charge in [-0.25, -0.2) is 9.97 Å². The maximum Gasteiger partial charge on any atom is 0.231 e. The van der Waals surface area contributed by atoms with Crippen LogP contribution in [0.4, 0.5) is 11.5 Å². The Kier molecular flexibility index (Phi) is 4.09. The third kappa shape index (κ3) is 3.33. The van der Waals surface area contributed by atoms with Crippen LogP contribution in [-0.4, -0.2) is 33.4 Å². The Morgan fingerprint density at radius 3 is 2.80 bits per heavy atom. The summed E-state index contributed by atoms with van der Waals surface area (Å²) in [6.07, 6.45) is 8.36. The first kappa shape index (κ1) is 15.6. The quantitative estimate of drug-likeness (QED) is 0.796. The van der Waals surface area contributed by atoms with E-state index in [9.17, 15) is 4.79 Å². The monoisotopic (exact) mass is 335 g/mol. The molecule has 0 saturated carbocycles. The van der Waals surface area contributed by atoms with E-state index < -0.39 is 0 Å². The Hall–Kier alpha value is -2.89. The molecular weight excluding hydrogens is 314 g/mol. The number of rotatable bonds is 4. The van der Waals surface area contributed by atoms with Gasteiger partial charge in [-0.2, -0.15) is 0 Å². The fourth-order valence-electron chi connectivity index (χ4n) is 3.26. The van der Waals surface area contributed by atoms with Gasteiger partial charge in [0.2, 0.25) is 5.91 Å². The molecule has 0 aliphatic carbocycles. The number of imidazole rings is 1. The second-order valence-corrected chi connectivity index (χ2v) is 6.48. The van der Waals surface area contributed by atoms with Gasteiger partial charge in [0.1, 0.15) is 11.5 Å². The lowest BCUT2D eigenvalue weighted by Crippen LogP contribution is -2.18. The van der Waals surface area contributed by atoms with E-state index >= 15 is 0 Å². The fourth-order valence-corrected chi connectivity index (χ4v) is 3.26. The molecule has 1 saturated heterocycles. The number of aryl methyl sites for hydroxylation is 1. The van der Waals surface area contributed by atoms with E-state index in [1.54, 1.807) is 0 Å². The predicted molar refractivity (Wildman–Crippen MR) is 97.9 cm³/mol. The topological polar surface area (TPSA) is 62.5 Å². The number of fused-ring (bicyclic) bond motifs is 1. The molecule has 0 radical (unpaired) electrons. The number of aromatic nitrogens is 3. The summed E-state index contributed by atoms with van der Waals surface area (Å²) < 4.78 is 1.95. The molecule has 25 heavy (non-hydrogen) atoms. The van der Waals surface area contributed by atoms with Gasteiger partial charge >= 0.3 is 0 Å². The molecule has 0 unspecified atom stereocenters. The van der Waals surface area contributed by atoms with Crippen molar-refractivity contribution in [3.05, 3.63) is 54.1 Å². The van der Waals surface area contributed by atoms with Crippen molar-refractivity contribution in [2.75, 3.05) is 23.3 Å². The normalized spacial score (nSPS) is 14.2. The number of carbonyl (C=O) groups excluding carboxylic acids is 1. The third-order valence-electron chi connectivity index (χ3n) is 4.56. The zero-order chi connectivity index (χ0) is 17.2. The van der Waals surface area contributed by atoms with Crippen molar-refractivity contribution in [1.29, 1.82) is 0 Å². The summed E-state index contributed by atoms with van der Waals surface area (Å²) in [7, 11) is 0. The number of carbonyl (C=O) groups is 1. The third-order valence-corrected chi connectivity index (χ3v) is 4.56. The van der Waals surface area contributed by atoms with Crippen LogP contribution >= 0.6 is 0 Å². The number of pyridine rings is 2. The Morgan fingerprint density at radius 2 is 2.08 bits per heavy atom. The lowest BCUT2D eigenvalue weighted by molar-refractivity contribution is -0.115. The van der Waals surface area contributed by atoms with Crippen molar-refractivity contribution in [2.24, 2.45) is 0 Å². The first-order chi connectivity index (χ1) is 12.2. The molecule has 4 heterocycles. The van der Waals surface area contributed by atoms with Crippen LogP contribution in [0.25, 0.3) is 5.65 Å². The average molecular weight is 335 g/mol. The highest BCUT2D eigenvalue weighted by Gasteiger charge is 2.13. The van der Waals surface area contributed by atoms with E-state index in [0.29, 0.717) is 5.82 Å². The first-order valence-electron chi connectivity index (χ1n) is 8.63. The minimum absolute atomic E-state index is 0.109. The van der Waals surface area contributed by atoms with Gasteiger partial charge < -0.3 is 14.6 Å². The van der Waals surface area contributed by atoms with E-state index in [1.807, 2.05) is 54.2 Å². The molecule has 3 aromatic rings. The molecule has 0 atom stereocenters. The van der Waals surface area contributed by atoms with Crippen molar-refractivity contribution in [1.82, 2.24) is 14.4 Å². The van der Waals surface area contributed by atoms with E-state index in [-0.39, 0.29) is 12.3 Å². The van der Waals surface area contributed by atoms with Gasteiger partial charge in [0.05, 0.1) is 24.0 Å². The molecule has 0 bridgehead atoms. The Morgan fingerprint density at radius 1 is 1.24 bits per heavy atom. The summed E-state index contributed by atoms with van der Waals surface area (Å²) >= 11 is 0. The first-order valence-corrected chi connectivity index (χ1v) is 8.63. The average Bonchev–Trinajstić information content (AvgIpc) is 3.25. The summed E-state index contributed by atoms with van der Waals surface area (Å²) in [6.45, 7) is 4.18. The Balaban J connectivity index is 1.41. The van der Waals surface area contributed by atoms with Crippen LogP contribution in [0.3, 0.4) is 0 Å². The van der Waals surface area contributed by atoms with Gasteiger partial charge in [-0.15, -0.1) is 0 Å². The molecule has 1 fully saturated rings. The van der Waals surface area contributed by atoms with Crippen molar-refractivity contribution >= 4 is 23.1 Å². The predicted octanol–water partition coefficient (Wildman–Crippen LogP) is 2.82. The van der Waals surface area contributed by atoms with E-state index in [2.05, 4.69) is 20.2 Å². The summed E-state index contributed by atoms with van der Waals surface area (Å²) in [5, 5.41) is 2.85. The smallest absolute Gasteiger partial charge is 0.231 e. The van der Waals surface area contributed by atoms with Crippen LogP contribution in [0.15, 0.2) is 42.9 Å². The highest BCUT2D eigenvalue weighted by molar-refractivity contribution is 5.91. The summed E-state index contributed by atoms with van der Waals surface area (Å²) in [4.78, 5) is 23.5. The second kappa shape index (κ2) is 6.55. The van der Waals surface area contributed by atoms with Gasteiger partial charge in [0.15, 0.2) is 0 Å². The van der Waals surface area contributed by atoms with E-state index in [4.69, 9.17) is 0 Å². The highest BCUT2D eigenvalue weighted by atomic mass is 16.1. The van der Waals surface area contributed by atoms with Crippen molar-refractivity contribution in [3.63, 3.8) is 0 Å². The number of nitrogens with one attached hydrogen (secondary N) is 1. The second-order valence-electron chi connectivity index (χ2n) is 6.48. The van der Waals surface area contributed by atoms with Gasteiger partial charge in [0, 0.05) is 25.5 Å². The molecule has 4 rings (SSSR count). The van der Waals surface area contributed by atoms with Crippen LogP contribution in [0.1, 0.15) is 24.1 Å². The molecule has 1 N–H and O–H groups in total. The van der Waals surface area contributed by atoms with Gasteiger partial charge in [0.25, 0.3) is 0 Å². The van der Waals surface area contributed by atoms with Crippen LogP contribution in [0.2, 0.25) is 0 Å². The molecule has 0 aromatic carbocycles. The number of anilines is 2. The van der Waals surface area contributed by atoms with Gasteiger partial charge in [-0.1, -0.05) is 6.07 Å². The SMILES string of the molecule is Cc1cccn2cc(CC(=O)Nc3ccc(N4CCCC4)cn3)nc12.